The minimum Gasteiger partial charge on any atom is -0.409 e. The number of nitrogens with one attached hydrogen (secondary N) is 1. The summed E-state index contributed by atoms with van der Waals surface area (Å²) in [7, 11) is 0. The smallest absolute Gasteiger partial charge is 0.224 e. The Kier molecular flexibility index (Phi) is 7.03. The first kappa shape index (κ1) is 16.5. The Morgan fingerprint density at radius 3 is 2.95 bits per heavy atom. The van der Waals surface area contributed by atoms with Gasteiger partial charge in [0, 0.05) is 29.7 Å². The van der Waals surface area contributed by atoms with E-state index in [0.717, 1.165) is 4.47 Å². The Morgan fingerprint density at radius 1 is 1.55 bits per heavy atom. The van der Waals surface area contributed by atoms with Crippen molar-refractivity contribution in [2.24, 2.45) is 10.9 Å². The van der Waals surface area contributed by atoms with Gasteiger partial charge in [-0.15, -0.1) is 0 Å². The minimum atomic E-state index is -0.144. The quantitative estimate of drug-likeness (QED) is 0.232. The summed E-state index contributed by atoms with van der Waals surface area (Å²) in [6.45, 7) is 3.10. The second-order valence-electron chi connectivity index (χ2n) is 4.02. The summed E-state index contributed by atoms with van der Waals surface area (Å²) in [5, 5.41) is 14.4. The molecule has 0 spiro atoms. The monoisotopic (exact) mass is 343 g/mol. The Hall–Kier alpha value is -1.60. The molecule has 1 aromatic carbocycles. The molecule has 4 N–H and O–H groups in total. The minimum absolute atomic E-state index is 0.0536. The molecule has 0 aliphatic carbocycles. The largest absolute Gasteiger partial charge is 0.409 e. The van der Waals surface area contributed by atoms with Crippen LogP contribution in [-0.4, -0.2) is 30.2 Å². The third-order valence-corrected chi connectivity index (χ3v) is 3.03. The number of rotatable bonds is 7. The molecule has 1 amide bonds. The Labute approximate surface area is 126 Å². The lowest BCUT2D eigenvalue weighted by atomic mass is 10.1. The number of ether oxygens (including phenoxy) is 1. The van der Waals surface area contributed by atoms with Crippen LogP contribution in [0.5, 0.6) is 0 Å². The van der Waals surface area contributed by atoms with Crippen LogP contribution in [0.15, 0.2) is 27.8 Å². The van der Waals surface area contributed by atoms with Gasteiger partial charge in [0.1, 0.15) is 0 Å². The number of oxime groups is 1. The maximum Gasteiger partial charge on any atom is 0.224 e. The van der Waals surface area contributed by atoms with Crippen LogP contribution in [0.3, 0.4) is 0 Å². The molecular weight excluding hydrogens is 326 g/mol. The number of carbonyl (C=O) groups excluding carboxylic acids is 1. The van der Waals surface area contributed by atoms with Crippen molar-refractivity contribution in [1.82, 2.24) is 0 Å². The van der Waals surface area contributed by atoms with Crippen LogP contribution in [0.4, 0.5) is 5.69 Å². The molecule has 20 heavy (non-hydrogen) atoms. The highest BCUT2D eigenvalue weighted by atomic mass is 79.9. The highest BCUT2D eigenvalue weighted by Gasteiger charge is 2.10. The van der Waals surface area contributed by atoms with Crippen molar-refractivity contribution in [3.63, 3.8) is 0 Å². The van der Waals surface area contributed by atoms with Crippen molar-refractivity contribution in [3.05, 3.63) is 28.2 Å². The number of benzene rings is 1. The molecule has 0 bridgehead atoms. The van der Waals surface area contributed by atoms with Crippen molar-refractivity contribution in [2.45, 2.75) is 19.8 Å². The summed E-state index contributed by atoms with van der Waals surface area (Å²) in [6.07, 6.45) is 0.995. The number of nitrogens with zero attached hydrogens (tertiary/aromatic N) is 1. The van der Waals surface area contributed by atoms with Gasteiger partial charge in [-0.1, -0.05) is 21.1 Å². The topological polar surface area (TPSA) is 96.9 Å². The third kappa shape index (κ3) is 5.18. The molecule has 6 nitrogen and oxygen atoms in total. The molecule has 0 heterocycles. The molecule has 1 aromatic rings. The van der Waals surface area contributed by atoms with E-state index >= 15 is 0 Å². The fourth-order valence-electron chi connectivity index (χ4n) is 1.59. The molecule has 0 aliphatic heterocycles. The van der Waals surface area contributed by atoms with Crippen LogP contribution in [0.2, 0.25) is 0 Å². The maximum atomic E-state index is 11.8. The number of halogens is 1. The second kappa shape index (κ2) is 8.55. The normalized spacial score (nSPS) is 11.4. The highest BCUT2D eigenvalue weighted by Crippen LogP contribution is 2.21. The first-order chi connectivity index (χ1) is 9.58. The SMILES string of the molecule is CCOCCCC(=O)Nc1cc(Br)ccc1/C(N)=N/O. The third-order valence-electron chi connectivity index (χ3n) is 2.54. The van der Waals surface area contributed by atoms with Gasteiger partial charge in [0.25, 0.3) is 0 Å². The lowest BCUT2D eigenvalue weighted by Gasteiger charge is -2.10. The zero-order chi connectivity index (χ0) is 15.0. The lowest BCUT2D eigenvalue weighted by Crippen LogP contribution is -2.19. The van der Waals surface area contributed by atoms with Crippen molar-refractivity contribution in [1.29, 1.82) is 0 Å². The Bertz CT molecular complexity index is 492. The predicted molar refractivity (Wildman–Crippen MR) is 81.0 cm³/mol. The van der Waals surface area contributed by atoms with Gasteiger partial charge in [-0.3, -0.25) is 4.79 Å². The van der Waals surface area contributed by atoms with Crippen molar-refractivity contribution >= 4 is 33.4 Å². The molecule has 0 atom stereocenters. The number of hydrogen-bond donors (Lipinski definition) is 3. The van der Waals surface area contributed by atoms with E-state index in [1.165, 1.54) is 0 Å². The Morgan fingerprint density at radius 2 is 2.30 bits per heavy atom. The van der Waals surface area contributed by atoms with E-state index in [0.29, 0.717) is 37.3 Å². The molecular formula is C13H18BrN3O3. The van der Waals surface area contributed by atoms with E-state index in [9.17, 15) is 4.79 Å². The molecule has 1 rings (SSSR count). The zero-order valence-electron chi connectivity index (χ0n) is 11.2. The van der Waals surface area contributed by atoms with Crippen LogP contribution in [0.25, 0.3) is 0 Å². The van der Waals surface area contributed by atoms with E-state index in [2.05, 4.69) is 26.4 Å². The van der Waals surface area contributed by atoms with Gasteiger partial charge in [-0.25, -0.2) is 0 Å². The second-order valence-corrected chi connectivity index (χ2v) is 4.94. The molecule has 0 saturated carbocycles. The molecule has 0 aromatic heterocycles. The number of carbonyl (C=O) groups is 1. The number of nitrogens with two attached hydrogens (primary N) is 1. The first-order valence-electron chi connectivity index (χ1n) is 6.23. The van der Waals surface area contributed by atoms with Gasteiger partial charge in [-0.05, 0) is 31.5 Å². The van der Waals surface area contributed by atoms with Crippen molar-refractivity contribution < 1.29 is 14.7 Å². The Balaban J connectivity index is 2.70. The number of amides is 1. The molecule has 0 unspecified atom stereocenters. The highest BCUT2D eigenvalue weighted by molar-refractivity contribution is 9.10. The molecule has 0 aliphatic rings. The summed E-state index contributed by atoms with van der Waals surface area (Å²) in [5.74, 6) is -0.197. The summed E-state index contributed by atoms with van der Waals surface area (Å²) in [5.41, 5.74) is 6.54. The van der Waals surface area contributed by atoms with Crippen LogP contribution in [0, 0.1) is 0 Å². The van der Waals surface area contributed by atoms with Gasteiger partial charge < -0.3 is 21.0 Å². The van der Waals surface area contributed by atoms with E-state index in [1.54, 1.807) is 18.2 Å². The van der Waals surface area contributed by atoms with E-state index in [4.69, 9.17) is 15.7 Å². The summed E-state index contributed by atoms with van der Waals surface area (Å²) in [6, 6.07) is 5.11. The van der Waals surface area contributed by atoms with Gasteiger partial charge >= 0.3 is 0 Å². The molecule has 0 fully saturated rings. The molecule has 0 radical (unpaired) electrons. The number of amidine groups is 1. The van der Waals surface area contributed by atoms with Crippen LogP contribution < -0.4 is 11.1 Å². The average molecular weight is 344 g/mol. The average Bonchev–Trinajstić information content (AvgIpc) is 2.43. The van der Waals surface area contributed by atoms with E-state index in [-0.39, 0.29) is 11.7 Å². The van der Waals surface area contributed by atoms with Crippen LogP contribution >= 0.6 is 15.9 Å². The summed E-state index contributed by atoms with van der Waals surface area (Å²) in [4.78, 5) is 11.8. The number of anilines is 1. The van der Waals surface area contributed by atoms with Crippen molar-refractivity contribution in [2.75, 3.05) is 18.5 Å². The van der Waals surface area contributed by atoms with Crippen LogP contribution in [0.1, 0.15) is 25.3 Å². The fraction of sp³-hybridized carbons (Fsp3) is 0.385. The van der Waals surface area contributed by atoms with E-state index < -0.39 is 0 Å². The zero-order valence-corrected chi connectivity index (χ0v) is 12.8. The summed E-state index contributed by atoms with van der Waals surface area (Å²) < 4.78 is 5.96. The molecule has 0 saturated heterocycles. The lowest BCUT2D eigenvalue weighted by molar-refractivity contribution is -0.116. The summed E-state index contributed by atoms with van der Waals surface area (Å²) >= 11 is 3.32. The van der Waals surface area contributed by atoms with Gasteiger partial charge in [0.15, 0.2) is 5.84 Å². The first-order valence-corrected chi connectivity index (χ1v) is 7.02. The van der Waals surface area contributed by atoms with Crippen molar-refractivity contribution in [3.8, 4) is 0 Å². The molecule has 110 valence electrons. The van der Waals surface area contributed by atoms with Crippen LogP contribution in [-0.2, 0) is 9.53 Å². The van der Waals surface area contributed by atoms with Gasteiger partial charge in [0.2, 0.25) is 5.91 Å². The fourth-order valence-corrected chi connectivity index (χ4v) is 1.95. The number of hydrogen-bond acceptors (Lipinski definition) is 4. The molecule has 7 heteroatoms. The standard InChI is InChI=1S/C13H18BrN3O3/c1-2-20-7-3-4-12(18)16-11-8-9(14)5-6-10(11)13(15)17-19/h5-6,8,19H,2-4,7H2,1H3,(H2,15,17)(H,16,18). The maximum absolute atomic E-state index is 11.8. The van der Waals surface area contributed by atoms with Gasteiger partial charge in [-0.2, -0.15) is 0 Å². The van der Waals surface area contributed by atoms with Gasteiger partial charge in [0.05, 0.1) is 5.69 Å². The predicted octanol–water partition coefficient (Wildman–Crippen LogP) is 2.30. The van der Waals surface area contributed by atoms with E-state index in [1.807, 2.05) is 6.92 Å².